The number of fused-ring (bicyclic) bond motifs is 5. The van der Waals surface area contributed by atoms with Gasteiger partial charge < -0.3 is 34.1 Å². The SMILES string of the molecule is O=c1[nH]cnc2c1ncn2[C@@H]1O[C@@H]2COP(O)(=S)OC3[C@@H](O)[C@@H](COP(=O)(S)OC2[C@@H]1O)O[C@H]3n1c(Cl)nc2cc(Cl)c(Cl)cc21. The summed E-state index contributed by atoms with van der Waals surface area (Å²) in [6, 6.07) is 2.95. The largest absolute Gasteiger partial charge is 0.387 e. The molecule has 7 rings (SSSR count). The number of aliphatic hydroxyl groups excluding tert-OH is 2. The summed E-state index contributed by atoms with van der Waals surface area (Å²) in [5.41, 5.74) is 0.195. The lowest BCUT2D eigenvalue weighted by atomic mass is 10.1. The van der Waals surface area contributed by atoms with Crippen LogP contribution in [0.15, 0.2) is 29.6 Å². The van der Waals surface area contributed by atoms with Crippen LogP contribution in [0.5, 0.6) is 0 Å². The summed E-state index contributed by atoms with van der Waals surface area (Å²) in [4.78, 5) is 38.1. The molecule has 3 fully saturated rings. The summed E-state index contributed by atoms with van der Waals surface area (Å²) in [5, 5.41) is 22.8. The molecule has 46 heavy (non-hydrogen) atoms. The fourth-order valence-corrected chi connectivity index (χ4v) is 8.95. The van der Waals surface area contributed by atoms with E-state index in [1.54, 1.807) is 0 Å². The van der Waals surface area contributed by atoms with Crippen molar-refractivity contribution in [3.05, 3.63) is 50.5 Å². The first-order chi connectivity index (χ1) is 21.7. The second kappa shape index (κ2) is 12.3. The summed E-state index contributed by atoms with van der Waals surface area (Å²) >= 11 is 28.2. The topological polar surface area (TPSA) is 215 Å². The van der Waals surface area contributed by atoms with Crippen LogP contribution in [0.3, 0.4) is 0 Å². The number of aromatic nitrogens is 6. The van der Waals surface area contributed by atoms with Crippen molar-refractivity contribution < 1.29 is 47.2 Å². The minimum atomic E-state index is -4.34. The van der Waals surface area contributed by atoms with E-state index in [-0.39, 0.29) is 26.5 Å². The van der Waals surface area contributed by atoms with Gasteiger partial charge in [-0.2, -0.15) is 0 Å². The summed E-state index contributed by atoms with van der Waals surface area (Å²) < 4.78 is 50.6. The smallest absolute Gasteiger partial charge is 0.386 e. The number of halogens is 3. The van der Waals surface area contributed by atoms with E-state index in [2.05, 4.69) is 32.2 Å². The number of nitrogens with zero attached hydrogens (tertiary/aromatic N) is 5. The number of benzene rings is 1. The summed E-state index contributed by atoms with van der Waals surface area (Å²) in [6.07, 6.45) is -8.71. The molecule has 3 aliphatic heterocycles. The summed E-state index contributed by atoms with van der Waals surface area (Å²) in [5.74, 6) is 0. The minimum absolute atomic E-state index is 0.0280. The van der Waals surface area contributed by atoms with Crippen molar-refractivity contribution in [3.8, 4) is 0 Å². The number of hydrogen-bond donors (Lipinski definition) is 5. The predicted molar refractivity (Wildman–Crippen MR) is 167 cm³/mol. The lowest BCUT2D eigenvalue weighted by Crippen LogP contribution is -2.36. The molecule has 10 atom stereocenters. The van der Waals surface area contributed by atoms with Crippen LogP contribution in [0.2, 0.25) is 15.3 Å². The van der Waals surface area contributed by atoms with Crippen LogP contribution in [0, 0.1) is 0 Å². The molecule has 3 aromatic heterocycles. The number of rotatable bonds is 2. The van der Waals surface area contributed by atoms with Gasteiger partial charge in [-0.05, 0) is 35.5 Å². The minimum Gasteiger partial charge on any atom is -0.387 e. The molecule has 17 nitrogen and oxygen atoms in total. The third-order valence-corrected chi connectivity index (χ3v) is 11.7. The highest BCUT2D eigenvalue weighted by atomic mass is 35.5. The Bertz CT molecular complexity index is 2000. The number of aromatic amines is 1. The summed E-state index contributed by atoms with van der Waals surface area (Å²) in [7, 11) is 0. The Morgan fingerprint density at radius 1 is 1.00 bits per heavy atom. The van der Waals surface area contributed by atoms with Gasteiger partial charge in [0.2, 0.25) is 5.28 Å². The number of aliphatic hydroxyl groups is 2. The molecule has 0 radical (unpaired) electrons. The number of H-pyrrole nitrogens is 1. The average molecular weight is 778 g/mol. The molecule has 0 aliphatic carbocycles. The lowest BCUT2D eigenvalue weighted by Gasteiger charge is -2.28. The monoisotopic (exact) mass is 776 g/mol. The van der Waals surface area contributed by atoms with Crippen LogP contribution in [-0.2, 0) is 43.9 Å². The van der Waals surface area contributed by atoms with E-state index < -0.39 is 81.4 Å². The van der Waals surface area contributed by atoms with E-state index >= 15 is 0 Å². The fourth-order valence-electron chi connectivity index (χ4n) is 5.45. The molecule has 3 aliphatic rings. The molecule has 2 bridgehead atoms. The average Bonchev–Trinajstić information content (AvgIpc) is 3.71. The molecule has 248 valence electrons. The molecule has 6 heterocycles. The molecular weight excluding hydrogens is 757 g/mol. The highest BCUT2D eigenvalue weighted by molar-refractivity contribution is 8.44. The van der Waals surface area contributed by atoms with Crippen LogP contribution in [0.25, 0.3) is 22.2 Å². The van der Waals surface area contributed by atoms with Gasteiger partial charge in [-0.25, -0.2) is 19.5 Å². The second-order valence-electron chi connectivity index (χ2n) is 10.3. The van der Waals surface area contributed by atoms with Gasteiger partial charge in [0.15, 0.2) is 23.6 Å². The maximum Gasteiger partial charge on any atom is 0.386 e. The van der Waals surface area contributed by atoms with Crippen LogP contribution >= 0.6 is 60.6 Å². The molecule has 24 heteroatoms. The number of imidazole rings is 2. The molecule has 4 N–H and O–H groups in total. The molecule has 0 amide bonds. The van der Waals surface area contributed by atoms with Crippen LogP contribution in [0.4, 0.5) is 0 Å². The van der Waals surface area contributed by atoms with Crippen LogP contribution in [0.1, 0.15) is 12.5 Å². The zero-order valence-electron chi connectivity index (χ0n) is 22.6. The van der Waals surface area contributed by atoms with Gasteiger partial charge in [0, 0.05) is 0 Å². The highest BCUT2D eigenvalue weighted by Crippen LogP contribution is 2.58. The Labute approximate surface area is 282 Å². The van der Waals surface area contributed by atoms with Gasteiger partial charge in [0.05, 0.1) is 46.9 Å². The summed E-state index contributed by atoms with van der Waals surface area (Å²) in [6.45, 7) is -9.72. The van der Waals surface area contributed by atoms with E-state index in [0.717, 1.165) is 6.33 Å². The zero-order valence-corrected chi connectivity index (χ0v) is 28.3. The van der Waals surface area contributed by atoms with E-state index in [1.165, 1.54) is 27.6 Å². The molecule has 1 aromatic carbocycles. The maximum absolute atomic E-state index is 13.5. The molecule has 3 saturated heterocycles. The third-order valence-electron chi connectivity index (χ3n) is 7.52. The molecule has 4 aromatic rings. The molecule has 0 saturated carbocycles. The van der Waals surface area contributed by atoms with Crippen molar-refractivity contribution in [2.75, 3.05) is 13.2 Å². The normalized spacial score (nSPS) is 37.2. The van der Waals surface area contributed by atoms with Crippen LogP contribution in [-0.4, -0.2) is 94.0 Å². The van der Waals surface area contributed by atoms with Gasteiger partial charge in [0.1, 0.15) is 36.6 Å². The molecule has 4 unspecified atom stereocenters. The first kappa shape index (κ1) is 33.3. The van der Waals surface area contributed by atoms with E-state index in [1.807, 2.05) is 0 Å². The van der Waals surface area contributed by atoms with Crippen molar-refractivity contribution >= 4 is 94.6 Å². The standard InChI is InChI=1S/C22H21Cl3N6O11P2S2/c23-7-1-9-10(2-8(7)24)31(22(25)29-9)21-17-14(32)11(39-21)3-37-43(35,45)41-16-12(4-38-44(36,46)42-17)40-20(15(16)33)30-6-28-13-18(30)26-5-27-19(13)34/h1-2,5-6,11-12,14-17,20-21,32-33H,3-4H2,(H,35,45)(H,36,46)(H,26,27,34)/t11-,12-,14+,15+,16?,17?,20-,21-,43?,44?/m1/s1. The quantitative estimate of drug-likeness (QED) is 0.146. The van der Waals surface area contributed by atoms with Crippen molar-refractivity contribution in [2.24, 2.45) is 0 Å². The molecule has 0 spiro atoms. The van der Waals surface area contributed by atoms with Crippen molar-refractivity contribution in [1.82, 2.24) is 29.1 Å². The first-order valence-corrected chi connectivity index (χ1v) is 19.6. The van der Waals surface area contributed by atoms with Crippen molar-refractivity contribution in [3.63, 3.8) is 0 Å². The fraction of sp³-hybridized carbons (Fsp3) is 0.455. The van der Waals surface area contributed by atoms with Gasteiger partial charge in [0.25, 0.3) is 5.56 Å². The number of hydrogen-bond acceptors (Lipinski definition) is 14. The van der Waals surface area contributed by atoms with E-state index in [9.17, 15) is 24.5 Å². The number of nitrogens with one attached hydrogen (secondary N) is 1. The molecular formula is C22H21Cl3N6O11P2S2. The Balaban J connectivity index is 1.22. The predicted octanol–water partition coefficient (Wildman–Crippen LogP) is 2.72. The van der Waals surface area contributed by atoms with Crippen LogP contribution < -0.4 is 5.56 Å². The second-order valence-corrected chi connectivity index (χ2v) is 17.2. The van der Waals surface area contributed by atoms with Gasteiger partial charge in [-0.15, -0.1) is 0 Å². The van der Waals surface area contributed by atoms with Gasteiger partial charge in [-0.1, -0.05) is 35.5 Å². The van der Waals surface area contributed by atoms with Crippen molar-refractivity contribution in [1.29, 1.82) is 0 Å². The number of ether oxygens (including phenoxy) is 2. The Hall–Kier alpha value is -1.22. The van der Waals surface area contributed by atoms with Gasteiger partial charge >= 0.3 is 13.5 Å². The first-order valence-electron chi connectivity index (χ1n) is 13.1. The highest BCUT2D eigenvalue weighted by Gasteiger charge is 2.53. The Morgan fingerprint density at radius 3 is 2.50 bits per heavy atom. The Morgan fingerprint density at radius 2 is 1.72 bits per heavy atom. The van der Waals surface area contributed by atoms with E-state index in [4.69, 9.17) is 74.2 Å². The van der Waals surface area contributed by atoms with Gasteiger partial charge in [-0.3, -0.25) is 27.5 Å². The Kier molecular flexibility index (Phi) is 8.88. The lowest BCUT2D eigenvalue weighted by molar-refractivity contribution is -0.0592. The third kappa shape index (κ3) is 5.98. The van der Waals surface area contributed by atoms with Crippen molar-refractivity contribution in [2.45, 2.75) is 49.1 Å². The maximum atomic E-state index is 13.5. The van der Waals surface area contributed by atoms with E-state index in [0.29, 0.717) is 11.0 Å². The number of thiol groups is 1. The zero-order chi connectivity index (χ0) is 32.7.